The lowest BCUT2D eigenvalue weighted by molar-refractivity contribution is -0.130. The Morgan fingerprint density at radius 3 is 2.54 bits per heavy atom. The maximum atomic E-state index is 13.8. The highest BCUT2D eigenvalue weighted by Crippen LogP contribution is 2.35. The van der Waals surface area contributed by atoms with Gasteiger partial charge >= 0.3 is 6.03 Å². The van der Waals surface area contributed by atoms with E-state index in [4.69, 9.17) is 0 Å². The topological polar surface area (TPSA) is 81.7 Å². The zero-order chi connectivity index (χ0) is 16.8. The number of halogens is 1. The van der Waals surface area contributed by atoms with Crippen LogP contribution in [0, 0.1) is 17.7 Å². The molecular weight excluding hydrogens is 315 g/mol. The summed E-state index contributed by atoms with van der Waals surface area (Å²) in [5.41, 5.74) is 0. The van der Waals surface area contributed by atoms with Crippen molar-refractivity contribution < 1.29 is 14.0 Å². The first-order chi connectivity index (χ1) is 11.5. The third-order valence-corrected chi connectivity index (χ3v) is 5.24. The average Bonchev–Trinajstić information content (AvgIpc) is 3.11. The monoisotopic (exact) mass is 334 g/mol. The van der Waals surface area contributed by atoms with Crippen LogP contribution in [0.5, 0.6) is 0 Å². The van der Waals surface area contributed by atoms with E-state index >= 15 is 0 Å². The number of anilines is 1. The molecule has 4 rings (SSSR count). The molecule has 3 amide bonds. The molecule has 24 heavy (non-hydrogen) atoms. The molecule has 3 unspecified atom stereocenters. The van der Waals surface area contributed by atoms with Gasteiger partial charge in [-0.2, -0.15) is 0 Å². The highest BCUT2D eigenvalue weighted by atomic mass is 19.1. The van der Waals surface area contributed by atoms with Crippen LogP contribution in [-0.2, 0) is 4.79 Å². The minimum atomic E-state index is -0.400. The fourth-order valence-electron chi connectivity index (χ4n) is 3.92. The molecule has 3 saturated heterocycles. The molecule has 9 heteroatoms. The van der Waals surface area contributed by atoms with E-state index in [1.54, 1.807) is 0 Å². The number of imide groups is 1. The van der Waals surface area contributed by atoms with Crippen LogP contribution in [0.4, 0.5) is 15.0 Å². The molecule has 1 aromatic heterocycles. The van der Waals surface area contributed by atoms with Crippen LogP contribution in [0.15, 0.2) is 12.5 Å². The Kier molecular flexibility index (Phi) is 3.60. The van der Waals surface area contributed by atoms with Crippen molar-refractivity contribution in [1.29, 1.82) is 0 Å². The van der Waals surface area contributed by atoms with E-state index in [2.05, 4.69) is 20.2 Å². The number of rotatable bonds is 2. The maximum Gasteiger partial charge on any atom is 0.325 e. The van der Waals surface area contributed by atoms with E-state index in [9.17, 15) is 14.0 Å². The third-order valence-electron chi connectivity index (χ3n) is 5.24. The van der Waals surface area contributed by atoms with Crippen molar-refractivity contribution >= 4 is 17.8 Å². The Bertz CT molecular complexity index is 654. The Hall–Kier alpha value is -2.29. The summed E-state index contributed by atoms with van der Waals surface area (Å²) >= 11 is 0. The van der Waals surface area contributed by atoms with Crippen LogP contribution in [0.25, 0.3) is 0 Å². The van der Waals surface area contributed by atoms with Gasteiger partial charge in [-0.25, -0.2) is 19.2 Å². The van der Waals surface area contributed by atoms with E-state index < -0.39 is 5.82 Å². The Morgan fingerprint density at radius 2 is 1.92 bits per heavy atom. The number of carbonyl (C=O) groups is 2. The van der Waals surface area contributed by atoms with Crippen LogP contribution in [-0.4, -0.2) is 71.1 Å². The van der Waals surface area contributed by atoms with E-state index in [0.29, 0.717) is 24.1 Å². The van der Waals surface area contributed by atoms with Gasteiger partial charge in [-0.15, -0.1) is 0 Å². The Balaban J connectivity index is 1.41. The van der Waals surface area contributed by atoms with Crippen LogP contribution in [0.3, 0.4) is 0 Å². The molecule has 3 aliphatic rings. The van der Waals surface area contributed by atoms with E-state index in [-0.39, 0.29) is 18.1 Å². The maximum absolute atomic E-state index is 13.8. The number of nitrogens with one attached hydrogen (secondary N) is 1. The van der Waals surface area contributed by atoms with Crippen molar-refractivity contribution in [2.45, 2.75) is 12.6 Å². The summed E-state index contributed by atoms with van der Waals surface area (Å²) in [6.07, 6.45) is 2.60. The van der Waals surface area contributed by atoms with Gasteiger partial charge < -0.3 is 10.2 Å². The van der Waals surface area contributed by atoms with Gasteiger partial charge in [-0.1, -0.05) is 0 Å². The summed E-state index contributed by atoms with van der Waals surface area (Å²) in [5.74, 6) is 0.554. The summed E-state index contributed by atoms with van der Waals surface area (Å²) in [5, 5.41) is 2.88. The Morgan fingerprint density at radius 1 is 1.21 bits per heavy atom. The number of urea groups is 1. The minimum Gasteiger partial charge on any atom is -0.353 e. The van der Waals surface area contributed by atoms with Crippen molar-refractivity contribution in [3.05, 3.63) is 18.3 Å². The van der Waals surface area contributed by atoms with Gasteiger partial charge in [0.05, 0.1) is 18.8 Å². The molecule has 4 heterocycles. The second kappa shape index (κ2) is 5.66. The molecule has 0 radical (unpaired) electrons. The minimum absolute atomic E-state index is 0.162. The van der Waals surface area contributed by atoms with Gasteiger partial charge in [0.2, 0.25) is 5.91 Å². The van der Waals surface area contributed by atoms with Gasteiger partial charge in [0.25, 0.3) is 0 Å². The van der Waals surface area contributed by atoms with Gasteiger partial charge in [0.1, 0.15) is 6.33 Å². The summed E-state index contributed by atoms with van der Waals surface area (Å²) in [6, 6.07) is -0.349. The number of hydrogen-bond acceptors (Lipinski definition) is 6. The molecule has 0 aliphatic carbocycles. The summed E-state index contributed by atoms with van der Waals surface area (Å²) in [6.45, 7) is 3.03. The summed E-state index contributed by atoms with van der Waals surface area (Å²) in [7, 11) is 1.49. The van der Waals surface area contributed by atoms with Crippen molar-refractivity contribution in [1.82, 2.24) is 25.1 Å². The number of nitrogens with zero attached hydrogens (tertiary/aromatic N) is 5. The Labute approximate surface area is 138 Å². The predicted molar refractivity (Wildman–Crippen MR) is 82.5 cm³/mol. The summed E-state index contributed by atoms with van der Waals surface area (Å²) in [4.78, 5) is 36.6. The van der Waals surface area contributed by atoms with Gasteiger partial charge in [-0.05, 0) is 11.8 Å². The molecule has 3 fully saturated rings. The quantitative estimate of drug-likeness (QED) is 0.812. The second-order valence-corrected chi connectivity index (χ2v) is 6.70. The van der Waals surface area contributed by atoms with Gasteiger partial charge in [0, 0.05) is 33.2 Å². The number of fused-ring (bicyclic) bond motifs is 1. The SMILES string of the molecule is CN1C(=O)CC(N2CC3CN(c4ncncc4F)CC3C2)NC1=O. The first-order valence-corrected chi connectivity index (χ1v) is 8.04. The number of hydrogen-bond donors (Lipinski definition) is 1. The summed E-state index contributed by atoms with van der Waals surface area (Å²) < 4.78 is 13.8. The van der Waals surface area contributed by atoms with Crippen molar-refractivity contribution in [3.8, 4) is 0 Å². The van der Waals surface area contributed by atoms with Crippen molar-refractivity contribution in [3.63, 3.8) is 0 Å². The highest BCUT2D eigenvalue weighted by molar-refractivity contribution is 5.96. The fourth-order valence-corrected chi connectivity index (χ4v) is 3.92. The molecule has 3 aliphatic heterocycles. The van der Waals surface area contributed by atoms with Crippen LogP contribution >= 0.6 is 0 Å². The van der Waals surface area contributed by atoms with Crippen LogP contribution in [0.1, 0.15) is 6.42 Å². The lowest BCUT2D eigenvalue weighted by atomic mass is 10.0. The third kappa shape index (κ3) is 2.48. The molecule has 8 nitrogen and oxygen atoms in total. The van der Waals surface area contributed by atoms with Crippen LogP contribution in [0.2, 0.25) is 0 Å². The zero-order valence-corrected chi connectivity index (χ0v) is 13.4. The molecule has 0 bridgehead atoms. The zero-order valence-electron chi connectivity index (χ0n) is 13.4. The lowest BCUT2D eigenvalue weighted by Crippen LogP contribution is -2.59. The molecule has 3 atom stereocenters. The lowest BCUT2D eigenvalue weighted by Gasteiger charge is -2.35. The predicted octanol–water partition coefficient (Wildman–Crippen LogP) is -0.118. The van der Waals surface area contributed by atoms with E-state index in [0.717, 1.165) is 31.1 Å². The molecule has 1 N–H and O–H groups in total. The fraction of sp³-hybridized carbons (Fsp3) is 0.600. The largest absolute Gasteiger partial charge is 0.353 e. The van der Waals surface area contributed by atoms with E-state index in [1.807, 2.05) is 4.90 Å². The normalized spacial score (nSPS) is 30.7. The molecule has 0 spiro atoms. The standard InChI is InChI=1S/C15H19FN6O2/c1-20-13(23)2-12(19-15(20)24)21-4-9-6-22(7-10(9)5-21)14-11(16)3-17-8-18-14/h3,8-10,12H,2,4-7H2,1H3,(H,19,24). The molecular formula is C15H19FN6O2. The molecule has 128 valence electrons. The smallest absolute Gasteiger partial charge is 0.325 e. The molecule has 0 saturated carbocycles. The second-order valence-electron chi connectivity index (χ2n) is 6.70. The number of amides is 3. The number of likely N-dealkylation sites (tertiary alicyclic amines) is 1. The first kappa shape index (κ1) is 15.3. The molecule has 1 aromatic rings. The molecule has 0 aromatic carbocycles. The van der Waals surface area contributed by atoms with Crippen LogP contribution < -0.4 is 10.2 Å². The highest BCUT2D eigenvalue weighted by Gasteiger charge is 2.44. The van der Waals surface area contributed by atoms with Gasteiger partial charge in [-0.3, -0.25) is 14.6 Å². The number of aromatic nitrogens is 2. The average molecular weight is 334 g/mol. The van der Waals surface area contributed by atoms with Crippen molar-refractivity contribution in [2.75, 3.05) is 38.1 Å². The van der Waals surface area contributed by atoms with E-state index in [1.165, 1.54) is 19.6 Å². The van der Waals surface area contributed by atoms with Gasteiger partial charge in [0.15, 0.2) is 11.6 Å². The number of carbonyl (C=O) groups excluding carboxylic acids is 2. The first-order valence-electron chi connectivity index (χ1n) is 8.04. The van der Waals surface area contributed by atoms with Crippen molar-refractivity contribution in [2.24, 2.45) is 11.8 Å².